The first kappa shape index (κ1) is 10.7. The van der Waals surface area contributed by atoms with Gasteiger partial charge in [-0.25, -0.2) is 0 Å². The minimum absolute atomic E-state index is 0.266. The van der Waals surface area contributed by atoms with Crippen molar-refractivity contribution in [3.05, 3.63) is 59.1 Å². The van der Waals surface area contributed by atoms with E-state index in [0.29, 0.717) is 5.69 Å². The summed E-state index contributed by atoms with van der Waals surface area (Å²) in [5.74, 6) is 1.49. The third-order valence-corrected chi connectivity index (χ3v) is 2.70. The van der Waals surface area contributed by atoms with Crippen molar-refractivity contribution in [1.29, 1.82) is 0 Å². The number of pyridine rings is 1. The summed E-state index contributed by atoms with van der Waals surface area (Å²) in [6.07, 6.45) is 5.11. The zero-order valence-electron chi connectivity index (χ0n) is 9.58. The highest BCUT2D eigenvalue weighted by Gasteiger charge is 2.12. The molecular weight excluding hydrogens is 230 g/mol. The van der Waals surface area contributed by atoms with Crippen molar-refractivity contribution < 1.29 is 14.2 Å². The molecule has 0 spiro atoms. The zero-order valence-corrected chi connectivity index (χ0v) is 9.58. The molecule has 90 valence electrons. The maximum Gasteiger partial charge on any atom is 0.231 e. The molecule has 2 heterocycles. The Kier molecular flexibility index (Phi) is 2.61. The summed E-state index contributed by atoms with van der Waals surface area (Å²) in [7, 11) is 0. The molecule has 1 aliphatic heterocycles. The fourth-order valence-electron chi connectivity index (χ4n) is 1.77. The van der Waals surface area contributed by atoms with Gasteiger partial charge in [-0.2, -0.15) is 4.73 Å². The molecule has 0 fully saturated rings. The number of ether oxygens (including phenoxy) is 2. The summed E-state index contributed by atoms with van der Waals surface area (Å²) in [4.78, 5) is 0. The molecule has 0 radical (unpaired) electrons. The summed E-state index contributed by atoms with van der Waals surface area (Å²) in [6, 6.07) is 11.0. The van der Waals surface area contributed by atoms with E-state index in [1.165, 1.54) is 6.20 Å². The lowest BCUT2D eigenvalue weighted by Gasteiger charge is -1.99. The highest BCUT2D eigenvalue weighted by atomic mass is 16.7. The lowest BCUT2D eigenvalue weighted by molar-refractivity contribution is -0.607. The fraction of sp³-hybridized carbons (Fsp3) is 0.0714. The Morgan fingerprint density at radius 3 is 2.83 bits per heavy atom. The predicted molar refractivity (Wildman–Crippen MR) is 66.9 cm³/mol. The molecule has 18 heavy (non-hydrogen) atoms. The summed E-state index contributed by atoms with van der Waals surface area (Å²) in [6.45, 7) is 0.266. The van der Waals surface area contributed by atoms with Crippen LogP contribution in [0.3, 0.4) is 0 Å². The van der Waals surface area contributed by atoms with Crippen molar-refractivity contribution in [3.8, 4) is 11.5 Å². The quantitative estimate of drug-likeness (QED) is 0.598. The first-order valence-electron chi connectivity index (χ1n) is 5.59. The first-order chi connectivity index (χ1) is 8.83. The molecule has 1 aromatic heterocycles. The number of rotatable bonds is 2. The molecule has 1 aliphatic rings. The van der Waals surface area contributed by atoms with Crippen LogP contribution in [-0.2, 0) is 0 Å². The van der Waals surface area contributed by atoms with Crippen molar-refractivity contribution in [1.82, 2.24) is 0 Å². The Labute approximate surface area is 104 Å². The molecule has 3 rings (SSSR count). The molecule has 4 nitrogen and oxygen atoms in total. The van der Waals surface area contributed by atoms with Crippen molar-refractivity contribution in [2.24, 2.45) is 0 Å². The number of aromatic nitrogens is 1. The van der Waals surface area contributed by atoms with Gasteiger partial charge in [-0.15, -0.1) is 0 Å². The maximum atomic E-state index is 11.4. The number of nitrogens with zero attached hydrogens (tertiary/aromatic N) is 1. The van der Waals surface area contributed by atoms with Crippen molar-refractivity contribution >= 4 is 12.2 Å². The molecule has 0 saturated carbocycles. The predicted octanol–water partition coefficient (Wildman–Crippen LogP) is 2.22. The van der Waals surface area contributed by atoms with Gasteiger partial charge in [-0.1, -0.05) is 6.07 Å². The normalized spacial score (nSPS) is 13.1. The van der Waals surface area contributed by atoms with E-state index in [-0.39, 0.29) is 6.79 Å². The van der Waals surface area contributed by atoms with E-state index in [1.54, 1.807) is 18.2 Å². The molecular formula is C14H11NO3. The topological polar surface area (TPSA) is 45.4 Å². The minimum atomic E-state index is 0.266. The summed E-state index contributed by atoms with van der Waals surface area (Å²) < 4.78 is 11.3. The monoisotopic (exact) mass is 241 g/mol. The van der Waals surface area contributed by atoms with Crippen LogP contribution in [0.4, 0.5) is 0 Å². The zero-order chi connectivity index (χ0) is 12.4. The Bertz CT molecular complexity index is 608. The van der Waals surface area contributed by atoms with Crippen LogP contribution in [0.2, 0.25) is 0 Å². The van der Waals surface area contributed by atoms with Crippen LogP contribution in [0.25, 0.3) is 12.2 Å². The second-order valence-corrected chi connectivity index (χ2v) is 3.90. The second-order valence-electron chi connectivity index (χ2n) is 3.90. The van der Waals surface area contributed by atoms with Crippen LogP contribution in [0.15, 0.2) is 42.6 Å². The molecule has 0 amide bonds. The molecule has 1 aromatic carbocycles. The Balaban J connectivity index is 1.87. The molecule has 0 N–H and O–H groups in total. The van der Waals surface area contributed by atoms with Gasteiger partial charge in [0.2, 0.25) is 12.5 Å². The van der Waals surface area contributed by atoms with E-state index in [4.69, 9.17) is 9.47 Å². The van der Waals surface area contributed by atoms with E-state index < -0.39 is 0 Å². The Morgan fingerprint density at radius 1 is 1.06 bits per heavy atom. The molecule has 0 aliphatic carbocycles. The van der Waals surface area contributed by atoms with Crippen LogP contribution in [0, 0.1) is 5.21 Å². The molecule has 0 unspecified atom stereocenters. The first-order valence-corrected chi connectivity index (χ1v) is 5.59. The SMILES string of the molecule is [O-][n+]1ccccc1/C=C/c1ccc2c(c1)OCO2. The van der Waals surface area contributed by atoms with Crippen molar-refractivity contribution in [3.63, 3.8) is 0 Å². The van der Waals surface area contributed by atoms with Crippen LogP contribution in [0.5, 0.6) is 11.5 Å². The van der Waals surface area contributed by atoms with E-state index in [0.717, 1.165) is 21.8 Å². The van der Waals surface area contributed by atoms with E-state index in [2.05, 4.69) is 0 Å². The summed E-state index contributed by atoms with van der Waals surface area (Å²) in [5, 5.41) is 11.4. The lowest BCUT2D eigenvalue weighted by atomic mass is 10.1. The van der Waals surface area contributed by atoms with Gasteiger partial charge < -0.3 is 14.7 Å². The van der Waals surface area contributed by atoms with Gasteiger partial charge in [0.25, 0.3) is 0 Å². The second kappa shape index (κ2) is 4.41. The number of benzene rings is 1. The smallest absolute Gasteiger partial charge is 0.231 e. The largest absolute Gasteiger partial charge is 0.618 e. The molecule has 2 aromatic rings. The van der Waals surface area contributed by atoms with E-state index >= 15 is 0 Å². The van der Waals surface area contributed by atoms with Gasteiger partial charge >= 0.3 is 0 Å². The van der Waals surface area contributed by atoms with Gasteiger partial charge in [-0.3, -0.25) is 0 Å². The molecule has 0 saturated heterocycles. The van der Waals surface area contributed by atoms with Gasteiger partial charge in [0.1, 0.15) is 0 Å². The summed E-state index contributed by atoms with van der Waals surface area (Å²) in [5.41, 5.74) is 1.55. The third-order valence-electron chi connectivity index (χ3n) is 2.70. The highest BCUT2D eigenvalue weighted by Crippen LogP contribution is 2.32. The highest BCUT2D eigenvalue weighted by molar-refractivity contribution is 5.68. The number of fused-ring (bicyclic) bond motifs is 1. The standard InChI is InChI=1S/C14H11NO3/c16-15-8-2-1-3-12(15)6-4-11-5-7-13-14(9-11)18-10-17-13/h1-9H,10H2/b6-4+. The number of hydrogen-bond donors (Lipinski definition) is 0. The lowest BCUT2D eigenvalue weighted by Crippen LogP contribution is -2.28. The maximum absolute atomic E-state index is 11.4. The van der Waals surface area contributed by atoms with Gasteiger partial charge in [-0.05, 0) is 29.8 Å². The van der Waals surface area contributed by atoms with Gasteiger partial charge in [0, 0.05) is 18.2 Å². The minimum Gasteiger partial charge on any atom is -0.618 e. The average molecular weight is 241 g/mol. The van der Waals surface area contributed by atoms with Crippen molar-refractivity contribution in [2.45, 2.75) is 0 Å². The average Bonchev–Trinajstić information content (AvgIpc) is 2.85. The summed E-state index contributed by atoms with van der Waals surface area (Å²) >= 11 is 0. The van der Waals surface area contributed by atoms with Crippen LogP contribution >= 0.6 is 0 Å². The molecule has 0 bridgehead atoms. The van der Waals surface area contributed by atoms with E-state index in [9.17, 15) is 5.21 Å². The van der Waals surface area contributed by atoms with Crippen molar-refractivity contribution in [2.75, 3.05) is 6.79 Å². The number of hydrogen-bond acceptors (Lipinski definition) is 3. The van der Waals surface area contributed by atoms with Gasteiger partial charge in [0.05, 0.1) is 0 Å². The van der Waals surface area contributed by atoms with Crippen LogP contribution in [-0.4, -0.2) is 6.79 Å². The van der Waals surface area contributed by atoms with E-state index in [1.807, 2.05) is 30.3 Å². The van der Waals surface area contributed by atoms with Gasteiger partial charge in [0.15, 0.2) is 17.7 Å². The Hall–Kier alpha value is -2.49. The van der Waals surface area contributed by atoms with Crippen LogP contribution < -0.4 is 14.2 Å². The Morgan fingerprint density at radius 2 is 1.94 bits per heavy atom. The van der Waals surface area contributed by atoms with Crippen LogP contribution in [0.1, 0.15) is 11.3 Å². The molecule has 0 atom stereocenters. The fourth-order valence-corrected chi connectivity index (χ4v) is 1.77. The molecule has 4 heteroatoms. The third kappa shape index (κ3) is 2.00.